The quantitative estimate of drug-likeness (QED) is 0.833. The molecule has 2 aromatic carbocycles. The van der Waals surface area contributed by atoms with Crippen molar-refractivity contribution in [2.24, 2.45) is 0 Å². The number of amides is 2. The summed E-state index contributed by atoms with van der Waals surface area (Å²) in [6.07, 6.45) is 3.38. The fourth-order valence-electron chi connectivity index (χ4n) is 3.16. The molecule has 0 radical (unpaired) electrons. The van der Waals surface area contributed by atoms with E-state index < -0.39 is 0 Å². The number of halogens is 1. The minimum Gasteiger partial charge on any atom is -0.495 e. The molecule has 1 saturated carbocycles. The number of carbonyl (C=O) groups excluding carboxylic acids is 1. The van der Waals surface area contributed by atoms with E-state index in [-0.39, 0.29) is 11.4 Å². The molecule has 1 aliphatic carbocycles. The molecule has 0 bridgehead atoms. The third-order valence-electron chi connectivity index (χ3n) is 4.69. The van der Waals surface area contributed by atoms with E-state index in [1.807, 2.05) is 18.2 Å². The SMILES string of the molecule is COc1ccc(Cl)cc1NC(=O)NCC1(c2ccccc2)CCC1. The normalized spacial score (nSPS) is 15.2. The highest BCUT2D eigenvalue weighted by Gasteiger charge is 2.38. The molecule has 0 unspecified atom stereocenters. The van der Waals surface area contributed by atoms with Crippen LogP contribution in [0.15, 0.2) is 48.5 Å². The maximum absolute atomic E-state index is 12.3. The van der Waals surface area contributed by atoms with Gasteiger partial charge in [0.25, 0.3) is 0 Å². The number of carbonyl (C=O) groups is 1. The molecule has 0 aliphatic heterocycles. The summed E-state index contributed by atoms with van der Waals surface area (Å²) in [4.78, 5) is 12.3. The second-order valence-electron chi connectivity index (χ2n) is 6.15. The number of hydrogen-bond acceptors (Lipinski definition) is 2. The summed E-state index contributed by atoms with van der Waals surface area (Å²) in [5.41, 5.74) is 1.90. The fourth-order valence-corrected chi connectivity index (χ4v) is 3.33. The number of benzene rings is 2. The van der Waals surface area contributed by atoms with Crippen molar-refractivity contribution in [1.29, 1.82) is 0 Å². The van der Waals surface area contributed by atoms with Crippen LogP contribution in [0.1, 0.15) is 24.8 Å². The van der Waals surface area contributed by atoms with E-state index in [9.17, 15) is 4.79 Å². The van der Waals surface area contributed by atoms with Gasteiger partial charge in [-0.25, -0.2) is 4.79 Å². The molecular formula is C19H21ClN2O2. The lowest BCUT2D eigenvalue weighted by Crippen LogP contribution is -2.46. The summed E-state index contributed by atoms with van der Waals surface area (Å²) in [5.74, 6) is 0.580. The highest BCUT2D eigenvalue weighted by molar-refractivity contribution is 6.31. The van der Waals surface area contributed by atoms with Gasteiger partial charge in [0.1, 0.15) is 5.75 Å². The smallest absolute Gasteiger partial charge is 0.319 e. The fraction of sp³-hybridized carbons (Fsp3) is 0.316. The first kappa shape index (κ1) is 16.7. The Hall–Kier alpha value is -2.20. The Kier molecular flexibility index (Phi) is 4.95. The molecule has 0 saturated heterocycles. The standard InChI is InChI=1S/C19H21ClN2O2/c1-24-17-9-8-15(20)12-16(17)22-18(23)21-13-19(10-5-11-19)14-6-3-2-4-7-14/h2-4,6-9,12H,5,10-11,13H2,1H3,(H2,21,22,23). The number of urea groups is 1. The number of nitrogens with one attached hydrogen (secondary N) is 2. The van der Waals surface area contributed by atoms with Gasteiger partial charge in [-0.05, 0) is 36.6 Å². The zero-order chi connectivity index (χ0) is 17.0. The van der Waals surface area contributed by atoms with Crippen molar-refractivity contribution in [3.63, 3.8) is 0 Å². The van der Waals surface area contributed by atoms with Crippen molar-refractivity contribution >= 4 is 23.3 Å². The van der Waals surface area contributed by atoms with E-state index in [1.54, 1.807) is 25.3 Å². The molecule has 2 aromatic rings. The monoisotopic (exact) mass is 344 g/mol. The highest BCUT2D eigenvalue weighted by atomic mass is 35.5. The molecule has 0 spiro atoms. The van der Waals surface area contributed by atoms with Crippen LogP contribution in [-0.2, 0) is 5.41 Å². The Balaban J connectivity index is 1.64. The van der Waals surface area contributed by atoms with Gasteiger partial charge in [-0.1, -0.05) is 48.4 Å². The van der Waals surface area contributed by atoms with Crippen molar-refractivity contribution < 1.29 is 9.53 Å². The molecule has 2 amide bonds. The van der Waals surface area contributed by atoms with Gasteiger partial charge >= 0.3 is 6.03 Å². The lowest BCUT2D eigenvalue weighted by molar-refractivity contribution is 0.222. The van der Waals surface area contributed by atoms with Gasteiger partial charge in [-0.2, -0.15) is 0 Å². The van der Waals surface area contributed by atoms with Crippen molar-refractivity contribution in [2.75, 3.05) is 19.0 Å². The maximum atomic E-state index is 12.3. The first-order valence-electron chi connectivity index (χ1n) is 8.07. The molecule has 0 heterocycles. The van der Waals surface area contributed by atoms with Crippen molar-refractivity contribution in [1.82, 2.24) is 5.32 Å². The molecule has 0 aromatic heterocycles. The Labute approximate surface area is 147 Å². The predicted molar refractivity (Wildman–Crippen MR) is 97.0 cm³/mol. The van der Waals surface area contributed by atoms with Crippen LogP contribution < -0.4 is 15.4 Å². The molecule has 4 nitrogen and oxygen atoms in total. The number of methoxy groups -OCH3 is 1. The minimum atomic E-state index is -0.252. The summed E-state index contributed by atoms with van der Waals surface area (Å²) in [6.45, 7) is 0.617. The Bertz CT molecular complexity index is 715. The molecule has 24 heavy (non-hydrogen) atoms. The van der Waals surface area contributed by atoms with Crippen molar-refractivity contribution in [3.05, 3.63) is 59.1 Å². The Morgan fingerprint density at radius 3 is 2.58 bits per heavy atom. The van der Waals surface area contributed by atoms with Crippen molar-refractivity contribution in [3.8, 4) is 5.75 Å². The average molecular weight is 345 g/mol. The molecule has 3 rings (SSSR count). The molecule has 1 fully saturated rings. The molecule has 5 heteroatoms. The number of anilines is 1. The van der Waals surface area contributed by atoms with Crippen LogP contribution in [0.3, 0.4) is 0 Å². The zero-order valence-corrected chi connectivity index (χ0v) is 14.4. The van der Waals surface area contributed by atoms with Gasteiger partial charge in [0, 0.05) is 17.0 Å². The van der Waals surface area contributed by atoms with Crippen LogP contribution in [0.25, 0.3) is 0 Å². The zero-order valence-electron chi connectivity index (χ0n) is 13.6. The summed E-state index contributed by atoms with van der Waals surface area (Å²) < 4.78 is 5.25. The number of rotatable bonds is 5. The van der Waals surface area contributed by atoms with Gasteiger partial charge in [-0.3, -0.25) is 0 Å². The van der Waals surface area contributed by atoms with Gasteiger partial charge in [0.05, 0.1) is 12.8 Å². The Morgan fingerprint density at radius 1 is 1.21 bits per heavy atom. The number of ether oxygens (including phenoxy) is 1. The van der Waals surface area contributed by atoms with E-state index >= 15 is 0 Å². The Morgan fingerprint density at radius 2 is 1.96 bits per heavy atom. The van der Waals surface area contributed by atoms with Crippen LogP contribution >= 0.6 is 11.6 Å². The van der Waals surface area contributed by atoms with E-state index in [1.165, 1.54) is 12.0 Å². The first-order valence-corrected chi connectivity index (χ1v) is 8.45. The van der Waals surface area contributed by atoms with Gasteiger partial charge < -0.3 is 15.4 Å². The molecule has 2 N–H and O–H groups in total. The lowest BCUT2D eigenvalue weighted by atomic mass is 9.64. The second-order valence-corrected chi connectivity index (χ2v) is 6.59. The maximum Gasteiger partial charge on any atom is 0.319 e. The summed E-state index contributed by atoms with van der Waals surface area (Å²) in [7, 11) is 1.56. The predicted octanol–water partition coefficient (Wildman–Crippen LogP) is 4.59. The van der Waals surface area contributed by atoms with Crippen LogP contribution in [0.4, 0.5) is 10.5 Å². The van der Waals surface area contributed by atoms with Crippen molar-refractivity contribution in [2.45, 2.75) is 24.7 Å². The topological polar surface area (TPSA) is 50.4 Å². The van der Waals surface area contributed by atoms with E-state index in [0.29, 0.717) is 23.0 Å². The lowest BCUT2D eigenvalue weighted by Gasteiger charge is -2.42. The molecule has 0 atom stereocenters. The van der Waals surface area contributed by atoms with E-state index in [2.05, 4.69) is 22.8 Å². The average Bonchev–Trinajstić information content (AvgIpc) is 2.55. The highest BCUT2D eigenvalue weighted by Crippen LogP contribution is 2.43. The van der Waals surface area contributed by atoms with Crippen LogP contribution in [0, 0.1) is 0 Å². The van der Waals surface area contributed by atoms with Crippen LogP contribution in [-0.4, -0.2) is 19.7 Å². The summed E-state index contributed by atoms with van der Waals surface area (Å²) >= 11 is 5.99. The number of hydrogen-bond donors (Lipinski definition) is 2. The van der Waals surface area contributed by atoms with E-state index in [0.717, 1.165) is 12.8 Å². The summed E-state index contributed by atoms with van der Waals surface area (Å²) in [6, 6.07) is 15.3. The minimum absolute atomic E-state index is 0.0526. The third-order valence-corrected chi connectivity index (χ3v) is 4.93. The second kappa shape index (κ2) is 7.14. The van der Waals surface area contributed by atoms with Crippen LogP contribution in [0.5, 0.6) is 5.75 Å². The van der Waals surface area contributed by atoms with Gasteiger partial charge in [0.15, 0.2) is 0 Å². The van der Waals surface area contributed by atoms with Crippen LogP contribution in [0.2, 0.25) is 5.02 Å². The molecule has 1 aliphatic rings. The third kappa shape index (κ3) is 3.49. The van der Waals surface area contributed by atoms with Gasteiger partial charge in [-0.15, -0.1) is 0 Å². The largest absolute Gasteiger partial charge is 0.495 e. The molecular weight excluding hydrogens is 324 g/mol. The van der Waals surface area contributed by atoms with E-state index in [4.69, 9.17) is 16.3 Å². The first-order chi connectivity index (χ1) is 11.6. The molecule has 126 valence electrons. The van der Waals surface area contributed by atoms with Gasteiger partial charge in [0.2, 0.25) is 0 Å². The summed E-state index contributed by atoms with van der Waals surface area (Å²) in [5, 5.41) is 6.36.